The number of carboxylic acid groups (broad SMARTS) is 1. The van der Waals surface area contributed by atoms with Crippen LogP contribution in [0.15, 0.2) is 30.5 Å². The molecule has 0 fully saturated rings. The van der Waals surface area contributed by atoms with Crippen LogP contribution in [0.5, 0.6) is 0 Å². The van der Waals surface area contributed by atoms with Crippen molar-refractivity contribution in [1.29, 1.82) is 0 Å². The molecular formula is C14H15N3O4. The summed E-state index contributed by atoms with van der Waals surface area (Å²) in [5.41, 5.74) is 6.15. The molecular weight excluding hydrogens is 274 g/mol. The van der Waals surface area contributed by atoms with Gasteiger partial charge in [0.05, 0.1) is 0 Å². The molecule has 0 aliphatic rings. The number of hydrogen-bond donors (Lipinski definition) is 4. The van der Waals surface area contributed by atoms with E-state index < -0.39 is 23.8 Å². The van der Waals surface area contributed by atoms with E-state index in [1.165, 1.54) is 0 Å². The van der Waals surface area contributed by atoms with Crippen LogP contribution in [-0.2, 0) is 9.59 Å². The molecule has 0 unspecified atom stereocenters. The van der Waals surface area contributed by atoms with E-state index in [1.807, 2.05) is 6.07 Å². The third-order valence-electron chi connectivity index (χ3n) is 3.12. The number of aliphatic carboxylic acids is 1. The number of rotatable bonds is 6. The number of carbonyl (C=O) groups is 3. The van der Waals surface area contributed by atoms with Gasteiger partial charge in [-0.2, -0.15) is 0 Å². The van der Waals surface area contributed by atoms with Gasteiger partial charge in [-0.05, 0) is 24.6 Å². The first-order valence-corrected chi connectivity index (χ1v) is 6.37. The molecule has 1 aromatic heterocycles. The maximum absolute atomic E-state index is 12.2. The molecule has 2 rings (SSSR count). The van der Waals surface area contributed by atoms with Crippen LogP contribution in [-0.4, -0.2) is 33.9 Å². The highest BCUT2D eigenvalue weighted by Gasteiger charge is 2.22. The van der Waals surface area contributed by atoms with Crippen molar-refractivity contribution < 1.29 is 19.5 Å². The molecule has 1 heterocycles. The summed E-state index contributed by atoms with van der Waals surface area (Å²) < 4.78 is 0. The monoisotopic (exact) mass is 289 g/mol. The normalized spacial score (nSPS) is 12.0. The number of amides is 2. The van der Waals surface area contributed by atoms with Gasteiger partial charge in [0.2, 0.25) is 5.91 Å². The number of nitrogens with one attached hydrogen (secondary N) is 2. The Hall–Kier alpha value is -2.83. The van der Waals surface area contributed by atoms with Gasteiger partial charge in [0.25, 0.3) is 5.91 Å². The molecule has 0 radical (unpaired) electrons. The van der Waals surface area contributed by atoms with Crippen molar-refractivity contribution in [2.75, 3.05) is 0 Å². The lowest BCUT2D eigenvalue weighted by Gasteiger charge is -2.14. The molecule has 0 saturated carbocycles. The molecule has 5 N–H and O–H groups in total. The molecule has 0 aliphatic heterocycles. The van der Waals surface area contributed by atoms with Crippen LogP contribution in [0.25, 0.3) is 10.9 Å². The van der Waals surface area contributed by atoms with Gasteiger partial charge in [-0.25, -0.2) is 4.79 Å². The molecule has 2 aromatic rings. The minimum atomic E-state index is -1.20. The first-order valence-electron chi connectivity index (χ1n) is 6.37. The highest BCUT2D eigenvalue weighted by atomic mass is 16.4. The number of hydrogen-bond acceptors (Lipinski definition) is 3. The predicted molar refractivity (Wildman–Crippen MR) is 75.6 cm³/mol. The number of aromatic nitrogens is 1. The second-order valence-corrected chi connectivity index (χ2v) is 4.61. The summed E-state index contributed by atoms with van der Waals surface area (Å²) in [6, 6.07) is 5.71. The SMILES string of the molecule is NC(=O)CC[C@H](NC(=O)c1cccc2[nH]ccc12)C(=O)O. The molecule has 1 aromatic carbocycles. The number of benzene rings is 1. The van der Waals surface area contributed by atoms with Crippen LogP contribution in [0, 0.1) is 0 Å². The van der Waals surface area contributed by atoms with E-state index in [2.05, 4.69) is 10.3 Å². The number of primary amides is 1. The largest absolute Gasteiger partial charge is 0.480 e. The van der Waals surface area contributed by atoms with Gasteiger partial charge in [0, 0.05) is 29.1 Å². The van der Waals surface area contributed by atoms with Crippen LogP contribution in [0.2, 0.25) is 0 Å². The van der Waals surface area contributed by atoms with Crippen molar-refractivity contribution in [1.82, 2.24) is 10.3 Å². The Kier molecular flexibility index (Phi) is 4.22. The van der Waals surface area contributed by atoms with E-state index in [-0.39, 0.29) is 12.8 Å². The van der Waals surface area contributed by atoms with Gasteiger partial charge in [0.15, 0.2) is 0 Å². The number of fused-ring (bicyclic) bond motifs is 1. The highest BCUT2D eigenvalue weighted by molar-refractivity contribution is 6.07. The summed E-state index contributed by atoms with van der Waals surface area (Å²) in [7, 11) is 0. The maximum Gasteiger partial charge on any atom is 0.326 e. The topological polar surface area (TPSA) is 125 Å². The third kappa shape index (κ3) is 3.38. The zero-order chi connectivity index (χ0) is 15.4. The lowest BCUT2D eigenvalue weighted by atomic mass is 10.1. The summed E-state index contributed by atoms with van der Waals surface area (Å²) in [6.07, 6.45) is 1.55. The summed E-state index contributed by atoms with van der Waals surface area (Å²) in [6.45, 7) is 0. The second-order valence-electron chi connectivity index (χ2n) is 4.61. The Morgan fingerprint density at radius 2 is 2.05 bits per heavy atom. The zero-order valence-electron chi connectivity index (χ0n) is 11.1. The van der Waals surface area contributed by atoms with Gasteiger partial charge < -0.3 is 21.1 Å². The summed E-state index contributed by atoms with van der Waals surface area (Å²) >= 11 is 0. The van der Waals surface area contributed by atoms with Crippen LogP contribution in [0.3, 0.4) is 0 Å². The van der Waals surface area contributed by atoms with Crippen molar-refractivity contribution in [3.63, 3.8) is 0 Å². The van der Waals surface area contributed by atoms with Gasteiger partial charge in [-0.1, -0.05) is 6.07 Å². The Morgan fingerprint density at radius 1 is 1.29 bits per heavy atom. The first-order chi connectivity index (χ1) is 9.99. The van der Waals surface area contributed by atoms with Gasteiger partial charge in [-0.3, -0.25) is 9.59 Å². The third-order valence-corrected chi connectivity index (χ3v) is 3.12. The van der Waals surface area contributed by atoms with Crippen LogP contribution >= 0.6 is 0 Å². The fraction of sp³-hybridized carbons (Fsp3) is 0.214. The van der Waals surface area contributed by atoms with E-state index in [1.54, 1.807) is 24.4 Å². The molecule has 110 valence electrons. The van der Waals surface area contributed by atoms with E-state index in [0.29, 0.717) is 10.9 Å². The van der Waals surface area contributed by atoms with Crippen molar-refractivity contribution in [3.8, 4) is 0 Å². The predicted octanol–water partition coefficient (Wildman–Crippen LogP) is 0.616. The molecule has 1 atom stereocenters. The Balaban J connectivity index is 2.17. The Labute approximate surface area is 120 Å². The fourth-order valence-corrected chi connectivity index (χ4v) is 2.06. The first kappa shape index (κ1) is 14.6. The fourth-order valence-electron chi connectivity index (χ4n) is 2.06. The number of carbonyl (C=O) groups excluding carboxylic acids is 2. The van der Waals surface area contributed by atoms with E-state index in [4.69, 9.17) is 10.8 Å². The average molecular weight is 289 g/mol. The van der Waals surface area contributed by atoms with Gasteiger partial charge in [0.1, 0.15) is 6.04 Å². The van der Waals surface area contributed by atoms with Gasteiger partial charge in [-0.15, -0.1) is 0 Å². The molecule has 0 bridgehead atoms. The summed E-state index contributed by atoms with van der Waals surface area (Å²) in [5, 5.41) is 12.2. The molecule has 7 nitrogen and oxygen atoms in total. The van der Waals surface area contributed by atoms with Crippen LogP contribution < -0.4 is 11.1 Å². The lowest BCUT2D eigenvalue weighted by Crippen LogP contribution is -2.41. The minimum absolute atomic E-state index is 0.0421. The summed E-state index contributed by atoms with van der Waals surface area (Å²) in [5.74, 6) is -2.31. The average Bonchev–Trinajstić information content (AvgIpc) is 2.90. The number of carboxylic acids is 1. The smallest absolute Gasteiger partial charge is 0.326 e. The molecule has 21 heavy (non-hydrogen) atoms. The van der Waals surface area contributed by atoms with Gasteiger partial charge >= 0.3 is 5.97 Å². The lowest BCUT2D eigenvalue weighted by molar-refractivity contribution is -0.139. The zero-order valence-corrected chi connectivity index (χ0v) is 11.1. The van der Waals surface area contributed by atoms with E-state index in [0.717, 1.165) is 5.52 Å². The van der Waals surface area contributed by atoms with Crippen molar-refractivity contribution in [3.05, 3.63) is 36.0 Å². The second kappa shape index (κ2) is 6.08. The van der Waals surface area contributed by atoms with Crippen molar-refractivity contribution >= 4 is 28.7 Å². The number of aromatic amines is 1. The highest BCUT2D eigenvalue weighted by Crippen LogP contribution is 2.17. The Morgan fingerprint density at radius 3 is 2.71 bits per heavy atom. The van der Waals surface area contributed by atoms with Crippen molar-refractivity contribution in [2.45, 2.75) is 18.9 Å². The van der Waals surface area contributed by atoms with E-state index in [9.17, 15) is 14.4 Å². The molecule has 0 aliphatic carbocycles. The maximum atomic E-state index is 12.2. The van der Waals surface area contributed by atoms with Crippen LogP contribution in [0.4, 0.5) is 0 Å². The molecule has 0 saturated heterocycles. The number of H-pyrrole nitrogens is 1. The quantitative estimate of drug-likeness (QED) is 0.621. The Bertz CT molecular complexity index is 692. The summed E-state index contributed by atoms with van der Waals surface area (Å²) in [4.78, 5) is 37.0. The minimum Gasteiger partial charge on any atom is -0.480 e. The molecule has 0 spiro atoms. The molecule has 2 amide bonds. The number of nitrogens with two attached hydrogens (primary N) is 1. The van der Waals surface area contributed by atoms with Crippen molar-refractivity contribution in [2.24, 2.45) is 5.73 Å². The van der Waals surface area contributed by atoms with E-state index >= 15 is 0 Å². The standard InChI is InChI=1S/C14H15N3O4/c15-12(18)5-4-11(14(20)21)17-13(19)9-2-1-3-10-8(9)6-7-16-10/h1-3,6-7,11,16H,4-5H2,(H2,15,18)(H,17,19)(H,20,21)/t11-/m0/s1. The molecule has 7 heteroatoms. The van der Waals surface area contributed by atoms with Crippen LogP contribution in [0.1, 0.15) is 23.2 Å².